The summed E-state index contributed by atoms with van der Waals surface area (Å²) in [7, 11) is 0. The average molecular weight is 274 g/mol. The van der Waals surface area contributed by atoms with E-state index in [1.54, 1.807) is 15.7 Å². The maximum atomic E-state index is 6.42. The van der Waals surface area contributed by atoms with Gasteiger partial charge in [-0.15, -0.1) is 0 Å². The molecule has 0 spiro atoms. The van der Waals surface area contributed by atoms with Crippen molar-refractivity contribution < 1.29 is 0 Å². The summed E-state index contributed by atoms with van der Waals surface area (Å²) >= 11 is 6.42. The second-order valence-electron chi connectivity index (χ2n) is 4.20. The Morgan fingerprint density at radius 2 is 2.00 bits per heavy atom. The molecule has 0 amide bonds. The number of hydrogen-bond donors (Lipinski definition) is 0. The molecule has 3 aromatic rings. The lowest BCUT2D eigenvalue weighted by atomic mass is 10.2. The Hall–Kier alpha value is -2.14. The normalized spacial score (nSPS) is 10.8. The van der Waals surface area contributed by atoms with Gasteiger partial charge < -0.3 is 0 Å². The van der Waals surface area contributed by atoms with Crippen molar-refractivity contribution in [2.24, 2.45) is 0 Å². The maximum absolute atomic E-state index is 6.42. The van der Waals surface area contributed by atoms with Crippen molar-refractivity contribution >= 4 is 11.6 Å². The Morgan fingerprint density at radius 1 is 1.21 bits per heavy atom. The first-order chi connectivity index (χ1) is 9.25. The fourth-order valence-corrected chi connectivity index (χ4v) is 2.26. The van der Waals surface area contributed by atoms with Crippen LogP contribution in [0.2, 0.25) is 5.15 Å². The van der Waals surface area contributed by atoms with E-state index in [0.29, 0.717) is 11.7 Å². The van der Waals surface area contributed by atoms with Crippen LogP contribution in [0, 0.1) is 6.92 Å². The zero-order valence-corrected chi connectivity index (χ0v) is 11.1. The molecule has 3 rings (SSSR count). The van der Waals surface area contributed by atoms with Crippen molar-refractivity contribution in [3.63, 3.8) is 0 Å². The highest BCUT2D eigenvalue weighted by atomic mass is 35.5. The molecule has 0 bridgehead atoms. The third kappa shape index (κ3) is 2.24. The van der Waals surface area contributed by atoms with Gasteiger partial charge in [0.25, 0.3) is 0 Å². The topological polar surface area (TPSA) is 48.5 Å². The quantitative estimate of drug-likeness (QED) is 0.737. The van der Waals surface area contributed by atoms with Crippen LogP contribution in [0.25, 0.3) is 5.69 Å². The lowest BCUT2D eigenvalue weighted by Gasteiger charge is -2.03. The zero-order valence-electron chi connectivity index (χ0n) is 10.4. The molecule has 0 aliphatic heterocycles. The predicted octanol–water partition coefficient (Wildman–Crippen LogP) is 2.47. The van der Waals surface area contributed by atoms with E-state index >= 15 is 0 Å². The van der Waals surface area contributed by atoms with Gasteiger partial charge >= 0.3 is 0 Å². The van der Waals surface area contributed by atoms with Crippen LogP contribution in [0.3, 0.4) is 0 Å². The van der Waals surface area contributed by atoms with Crippen molar-refractivity contribution in [2.75, 3.05) is 0 Å². The highest BCUT2D eigenvalue weighted by molar-refractivity contribution is 6.30. The summed E-state index contributed by atoms with van der Waals surface area (Å²) in [6.07, 6.45) is 3.17. The number of hydrogen-bond acceptors (Lipinski definition) is 3. The first kappa shape index (κ1) is 11.9. The van der Waals surface area contributed by atoms with Crippen LogP contribution in [0.15, 0.2) is 43.0 Å². The molecule has 5 nitrogen and oxygen atoms in total. The van der Waals surface area contributed by atoms with Crippen LogP contribution in [-0.2, 0) is 6.54 Å². The fourth-order valence-electron chi connectivity index (χ4n) is 1.93. The molecule has 0 N–H and O–H groups in total. The summed E-state index contributed by atoms with van der Waals surface area (Å²) in [4.78, 5) is 3.92. The largest absolute Gasteiger partial charge is 0.248 e. The second-order valence-corrected chi connectivity index (χ2v) is 4.55. The highest BCUT2D eigenvalue weighted by Gasteiger charge is 2.15. The number of para-hydroxylation sites is 1. The Bertz CT molecular complexity index is 673. The first-order valence-corrected chi connectivity index (χ1v) is 6.25. The molecule has 0 fully saturated rings. The van der Waals surface area contributed by atoms with Crippen LogP contribution < -0.4 is 0 Å². The van der Waals surface area contributed by atoms with Gasteiger partial charge in [-0.25, -0.2) is 14.3 Å². The van der Waals surface area contributed by atoms with Gasteiger partial charge in [0.05, 0.1) is 17.9 Å². The standard InChI is InChI=1S/C13H12ClN5/c1-10-12(7-18-9-15-8-16-18)13(14)19(17-10)11-5-3-2-4-6-11/h2-6,8-9H,7H2,1H3. The number of nitrogens with zero attached hydrogens (tertiary/aromatic N) is 5. The molecule has 1 aromatic carbocycles. The molecule has 2 aromatic heterocycles. The molecule has 0 unspecified atom stereocenters. The second kappa shape index (κ2) is 4.85. The molecule has 0 aliphatic carbocycles. The fraction of sp³-hybridized carbons (Fsp3) is 0.154. The van der Waals surface area contributed by atoms with Gasteiger partial charge in [0.1, 0.15) is 17.8 Å². The first-order valence-electron chi connectivity index (χ1n) is 5.87. The average Bonchev–Trinajstić information content (AvgIpc) is 3.03. The van der Waals surface area contributed by atoms with E-state index in [1.165, 1.54) is 6.33 Å². The Morgan fingerprint density at radius 3 is 2.68 bits per heavy atom. The van der Waals surface area contributed by atoms with E-state index in [4.69, 9.17) is 11.6 Å². The van der Waals surface area contributed by atoms with Gasteiger partial charge in [0, 0.05) is 5.56 Å². The monoisotopic (exact) mass is 273 g/mol. The molecule has 0 aliphatic rings. The number of aromatic nitrogens is 5. The summed E-state index contributed by atoms with van der Waals surface area (Å²) < 4.78 is 3.47. The van der Waals surface area contributed by atoms with Crippen LogP contribution in [0.5, 0.6) is 0 Å². The molecule has 6 heteroatoms. The highest BCUT2D eigenvalue weighted by Crippen LogP contribution is 2.23. The molecule has 96 valence electrons. The number of halogens is 1. The summed E-state index contributed by atoms with van der Waals surface area (Å²) in [6, 6.07) is 9.82. The van der Waals surface area contributed by atoms with E-state index in [9.17, 15) is 0 Å². The van der Waals surface area contributed by atoms with E-state index < -0.39 is 0 Å². The van der Waals surface area contributed by atoms with Gasteiger partial charge in [-0.05, 0) is 19.1 Å². The van der Waals surface area contributed by atoms with E-state index in [2.05, 4.69) is 15.2 Å². The molecule has 0 saturated heterocycles. The number of aryl methyl sites for hydroxylation is 1. The van der Waals surface area contributed by atoms with Crippen molar-refractivity contribution in [1.82, 2.24) is 24.5 Å². The lowest BCUT2D eigenvalue weighted by molar-refractivity contribution is 0.682. The molecule has 2 heterocycles. The van der Waals surface area contributed by atoms with Gasteiger partial charge in [-0.1, -0.05) is 29.8 Å². The molecule has 0 saturated carbocycles. The lowest BCUT2D eigenvalue weighted by Crippen LogP contribution is -2.01. The Labute approximate surface area is 115 Å². The smallest absolute Gasteiger partial charge is 0.138 e. The zero-order chi connectivity index (χ0) is 13.2. The van der Waals surface area contributed by atoms with E-state index in [-0.39, 0.29) is 0 Å². The van der Waals surface area contributed by atoms with Crippen LogP contribution in [-0.4, -0.2) is 24.5 Å². The summed E-state index contributed by atoms with van der Waals surface area (Å²) in [5.74, 6) is 0. The van der Waals surface area contributed by atoms with Gasteiger partial charge in [0.2, 0.25) is 0 Å². The minimum absolute atomic E-state index is 0.567. The number of rotatable bonds is 3. The van der Waals surface area contributed by atoms with Gasteiger partial charge in [-0.2, -0.15) is 10.2 Å². The van der Waals surface area contributed by atoms with Gasteiger partial charge in [0.15, 0.2) is 0 Å². The molecule has 19 heavy (non-hydrogen) atoms. The molecule has 0 radical (unpaired) electrons. The number of benzene rings is 1. The summed E-state index contributed by atoms with van der Waals surface area (Å²) in [5.41, 5.74) is 2.79. The maximum Gasteiger partial charge on any atom is 0.138 e. The van der Waals surface area contributed by atoms with E-state index in [0.717, 1.165) is 16.9 Å². The van der Waals surface area contributed by atoms with Gasteiger partial charge in [-0.3, -0.25) is 0 Å². The molecular weight excluding hydrogens is 262 g/mol. The third-order valence-corrected chi connectivity index (χ3v) is 3.30. The third-order valence-electron chi connectivity index (χ3n) is 2.91. The Kier molecular flexibility index (Phi) is 3.05. The summed E-state index contributed by atoms with van der Waals surface area (Å²) in [6.45, 7) is 2.51. The molecular formula is C13H12ClN5. The Balaban J connectivity index is 2.01. The minimum Gasteiger partial charge on any atom is -0.248 e. The van der Waals surface area contributed by atoms with Crippen molar-refractivity contribution in [3.8, 4) is 5.69 Å². The predicted molar refractivity (Wildman–Crippen MR) is 72.4 cm³/mol. The SMILES string of the molecule is Cc1nn(-c2ccccc2)c(Cl)c1Cn1cncn1. The summed E-state index contributed by atoms with van der Waals surface area (Å²) in [5, 5.41) is 9.18. The van der Waals surface area contributed by atoms with Crippen molar-refractivity contribution in [1.29, 1.82) is 0 Å². The van der Waals surface area contributed by atoms with Crippen LogP contribution >= 0.6 is 11.6 Å². The molecule has 0 atom stereocenters. The van der Waals surface area contributed by atoms with Crippen LogP contribution in [0.4, 0.5) is 0 Å². The van der Waals surface area contributed by atoms with Crippen molar-refractivity contribution in [3.05, 3.63) is 59.4 Å². The van der Waals surface area contributed by atoms with Crippen molar-refractivity contribution in [2.45, 2.75) is 13.5 Å². The minimum atomic E-state index is 0.567. The van der Waals surface area contributed by atoms with Crippen LogP contribution in [0.1, 0.15) is 11.3 Å². The van der Waals surface area contributed by atoms with E-state index in [1.807, 2.05) is 37.3 Å².